The Kier molecular flexibility index (Phi) is 4.85. The van der Waals surface area contributed by atoms with E-state index in [4.69, 9.17) is 11.5 Å². The number of aromatic nitrogens is 1. The third-order valence-electron chi connectivity index (χ3n) is 3.42. The Morgan fingerprint density at radius 1 is 1.43 bits per heavy atom. The number of aryl methyl sites for hydroxylation is 1. The third kappa shape index (κ3) is 3.60. The van der Waals surface area contributed by atoms with E-state index in [9.17, 15) is 4.39 Å². The summed E-state index contributed by atoms with van der Waals surface area (Å²) in [5, 5.41) is 3.15. The number of rotatable bonds is 6. The van der Waals surface area contributed by atoms with Crippen LogP contribution in [0.3, 0.4) is 0 Å². The van der Waals surface area contributed by atoms with Gasteiger partial charge in [-0.15, -0.1) is 0 Å². The van der Waals surface area contributed by atoms with E-state index in [0.717, 1.165) is 5.56 Å². The first kappa shape index (κ1) is 16.4. The highest BCUT2D eigenvalue weighted by atomic mass is 19.1. The Balaban J connectivity index is 2.16. The molecule has 120 valence electrons. The molecule has 0 spiro atoms. The quantitative estimate of drug-likeness (QED) is 0.618. The monoisotopic (exact) mass is 313 g/mol. The number of nitrogens with zero attached hydrogens (tertiary/aromatic N) is 1. The lowest BCUT2D eigenvalue weighted by Crippen LogP contribution is -2.21. The molecule has 1 aromatic carbocycles. The molecule has 0 aliphatic carbocycles. The fraction of sp³-hybridized carbons (Fsp3) is 0.118. The number of nitrogen functional groups attached to an aromatic ring is 2. The Hall–Kier alpha value is -3.02. The number of aliphatic imine (C=N–C) groups is 1. The molecule has 0 fully saturated rings. The molecule has 2 rings (SSSR count). The highest BCUT2D eigenvalue weighted by Gasteiger charge is 2.14. The van der Waals surface area contributed by atoms with Crippen molar-refractivity contribution in [3.63, 3.8) is 0 Å². The van der Waals surface area contributed by atoms with Crippen LogP contribution in [-0.4, -0.2) is 10.7 Å². The number of nitrogens with two attached hydrogens (primary N) is 2. The van der Waals surface area contributed by atoms with Crippen LogP contribution in [0, 0.1) is 12.7 Å². The van der Waals surface area contributed by atoms with Gasteiger partial charge in [0.2, 0.25) is 0 Å². The predicted octanol–water partition coefficient (Wildman–Crippen LogP) is 2.86. The number of anilines is 2. The zero-order valence-electron chi connectivity index (χ0n) is 13.0. The topological polar surface area (TPSA) is 92.2 Å². The minimum atomic E-state index is -0.226. The molecule has 6 heteroatoms. The van der Waals surface area contributed by atoms with Crippen LogP contribution in [0.25, 0.3) is 0 Å². The second kappa shape index (κ2) is 6.83. The summed E-state index contributed by atoms with van der Waals surface area (Å²) < 4.78 is 13.3. The Labute approximate surface area is 134 Å². The maximum atomic E-state index is 13.3. The molecular formula is C17H20FN5. The zero-order valence-corrected chi connectivity index (χ0v) is 13.0. The van der Waals surface area contributed by atoms with Gasteiger partial charge in [0, 0.05) is 18.9 Å². The van der Waals surface area contributed by atoms with Gasteiger partial charge in [-0.25, -0.2) is 4.39 Å². The van der Waals surface area contributed by atoms with Crippen LogP contribution in [0.4, 0.5) is 15.8 Å². The fourth-order valence-electron chi connectivity index (χ4n) is 2.14. The molecule has 0 saturated heterocycles. The van der Waals surface area contributed by atoms with Crippen molar-refractivity contribution in [1.29, 1.82) is 0 Å². The molecule has 0 amide bonds. The third-order valence-corrected chi connectivity index (χ3v) is 3.42. The molecule has 0 aliphatic heterocycles. The van der Waals surface area contributed by atoms with Crippen molar-refractivity contribution in [2.24, 2.45) is 4.99 Å². The van der Waals surface area contributed by atoms with Gasteiger partial charge in [-0.05, 0) is 24.1 Å². The smallest absolute Gasteiger partial charge is 0.126 e. The van der Waals surface area contributed by atoms with Crippen molar-refractivity contribution < 1.29 is 4.39 Å². The first-order chi connectivity index (χ1) is 10.9. The maximum absolute atomic E-state index is 13.3. The van der Waals surface area contributed by atoms with Gasteiger partial charge in [0.05, 0.1) is 22.8 Å². The van der Waals surface area contributed by atoms with Gasteiger partial charge in [-0.3, -0.25) is 4.99 Å². The van der Waals surface area contributed by atoms with Gasteiger partial charge in [0.15, 0.2) is 0 Å². The molecule has 1 aromatic heterocycles. The summed E-state index contributed by atoms with van der Waals surface area (Å²) in [4.78, 5) is 7.18. The first-order valence-electron chi connectivity index (χ1n) is 7.03. The van der Waals surface area contributed by atoms with Crippen LogP contribution < -0.4 is 16.8 Å². The van der Waals surface area contributed by atoms with Crippen molar-refractivity contribution in [1.82, 2.24) is 10.3 Å². The standard InChI is InChI=1S/C17H20FN5/c1-4-21-16(17-15(20)14(19)9-23-17)11(3)22-8-12-5-6-13(18)10(2)7-12/h4-7,9,22-23H,1,3,8,19-20H2,2H3. The molecule has 0 saturated carbocycles. The second-order valence-corrected chi connectivity index (χ2v) is 5.11. The van der Waals surface area contributed by atoms with Gasteiger partial charge < -0.3 is 21.8 Å². The molecule has 0 bridgehead atoms. The lowest BCUT2D eigenvalue weighted by molar-refractivity contribution is 0.617. The van der Waals surface area contributed by atoms with Crippen molar-refractivity contribution in [3.05, 3.63) is 72.1 Å². The van der Waals surface area contributed by atoms with E-state index in [2.05, 4.69) is 28.5 Å². The van der Waals surface area contributed by atoms with Crippen LogP contribution in [0.1, 0.15) is 16.8 Å². The summed E-state index contributed by atoms with van der Waals surface area (Å²) in [7, 11) is 0. The molecular weight excluding hydrogens is 293 g/mol. The average molecular weight is 313 g/mol. The van der Waals surface area contributed by atoms with Crippen molar-refractivity contribution in [2.45, 2.75) is 13.5 Å². The first-order valence-corrected chi connectivity index (χ1v) is 7.03. The summed E-state index contributed by atoms with van der Waals surface area (Å²) in [6.45, 7) is 9.78. The number of halogens is 1. The number of hydrogen-bond donors (Lipinski definition) is 4. The summed E-state index contributed by atoms with van der Waals surface area (Å²) in [6.07, 6.45) is 3.00. The largest absolute Gasteiger partial charge is 0.396 e. The molecule has 2 aromatic rings. The average Bonchev–Trinajstić information content (AvgIpc) is 2.85. The predicted molar refractivity (Wildman–Crippen MR) is 93.5 cm³/mol. The van der Waals surface area contributed by atoms with Gasteiger partial charge in [-0.1, -0.05) is 25.3 Å². The minimum Gasteiger partial charge on any atom is -0.396 e. The highest BCUT2D eigenvalue weighted by Crippen LogP contribution is 2.21. The van der Waals surface area contributed by atoms with E-state index in [1.807, 2.05) is 0 Å². The van der Waals surface area contributed by atoms with Crippen molar-refractivity contribution in [2.75, 3.05) is 11.5 Å². The summed E-state index contributed by atoms with van der Waals surface area (Å²) in [5.74, 6) is -0.226. The zero-order chi connectivity index (χ0) is 17.0. The molecule has 6 N–H and O–H groups in total. The number of allylic oxidation sites excluding steroid dienone is 1. The Morgan fingerprint density at radius 3 is 2.74 bits per heavy atom. The number of benzene rings is 1. The van der Waals surface area contributed by atoms with Crippen LogP contribution in [-0.2, 0) is 6.54 Å². The van der Waals surface area contributed by atoms with Crippen LogP contribution in [0.5, 0.6) is 0 Å². The second-order valence-electron chi connectivity index (χ2n) is 5.11. The fourth-order valence-corrected chi connectivity index (χ4v) is 2.14. The normalized spacial score (nSPS) is 11.3. The number of H-pyrrole nitrogens is 1. The van der Waals surface area contributed by atoms with Gasteiger partial charge in [0.1, 0.15) is 11.5 Å². The molecule has 0 aliphatic rings. The molecule has 0 atom stereocenters. The van der Waals surface area contributed by atoms with E-state index in [1.54, 1.807) is 25.3 Å². The Bertz CT molecular complexity index is 773. The van der Waals surface area contributed by atoms with Gasteiger partial charge in [-0.2, -0.15) is 0 Å². The van der Waals surface area contributed by atoms with Crippen molar-refractivity contribution in [3.8, 4) is 0 Å². The van der Waals surface area contributed by atoms with Crippen LogP contribution in [0.2, 0.25) is 0 Å². The van der Waals surface area contributed by atoms with E-state index in [0.29, 0.717) is 40.6 Å². The number of hydrogen-bond acceptors (Lipinski definition) is 4. The van der Waals surface area contributed by atoms with E-state index in [1.165, 1.54) is 12.3 Å². The van der Waals surface area contributed by atoms with E-state index in [-0.39, 0.29) is 5.82 Å². The highest BCUT2D eigenvalue weighted by molar-refractivity contribution is 6.15. The van der Waals surface area contributed by atoms with Gasteiger partial charge in [0.25, 0.3) is 0 Å². The van der Waals surface area contributed by atoms with Gasteiger partial charge >= 0.3 is 0 Å². The summed E-state index contributed by atoms with van der Waals surface area (Å²) >= 11 is 0. The van der Waals surface area contributed by atoms with E-state index < -0.39 is 0 Å². The lowest BCUT2D eigenvalue weighted by atomic mass is 10.1. The molecule has 23 heavy (non-hydrogen) atoms. The minimum absolute atomic E-state index is 0.226. The Morgan fingerprint density at radius 2 is 2.17 bits per heavy atom. The summed E-state index contributed by atoms with van der Waals surface area (Å²) in [5.41, 5.74) is 15.7. The van der Waals surface area contributed by atoms with Crippen molar-refractivity contribution >= 4 is 17.1 Å². The van der Waals surface area contributed by atoms with Crippen LogP contribution in [0.15, 0.2) is 54.4 Å². The molecule has 0 radical (unpaired) electrons. The molecule has 0 unspecified atom stereocenters. The SMILES string of the molecule is C=CN=C(C(=C)NCc1ccc(F)c(C)c1)c1[nH]cc(N)c1N. The maximum Gasteiger partial charge on any atom is 0.126 e. The summed E-state index contributed by atoms with van der Waals surface area (Å²) in [6, 6.07) is 4.94. The molecule has 1 heterocycles. The van der Waals surface area contributed by atoms with E-state index >= 15 is 0 Å². The molecule has 5 nitrogen and oxygen atoms in total. The number of nitrogens with one attached hydrogen (secondary N) is 2. The number of aromatic amines is 1. The van der Waals surface area contributed by atoms with Crippen LogP contribution >= 0.6 is 0 Å². The lowest BCUT2D eigenvalue weighted by Gasteiger charge is -2.12.